The summed E-state index contributed by atoms with van der Waals surface area (Å²) in [6.45, 7) is 1.95. The molecule has 0 bridgehead atoms. The van der Waals surface area contributed by atoms with Gasteiger partial charge in [0.05, 0.1) is 0 Å². The van der Waals surface area contributed by atoms with Gasteiger partial charge in [-0.2, -0.15) is 0 Å². The largest absolute Gasteiger partial charge is 0.338 e. The average Bonchev–Trinajstić information content (AvgIpc) is 3.17. The molecule has 3 aromatic rings. The Bertz CT molecular complexity index is 979. The molecule has 1 amide bonds. The summed E-state index contributed by atoms with van der Waals surface area (Å²) >= 11 is 0. The Morgan fingerprint density at radius 3 is 2.89 bits per heavy atom. The highest BCUT2D eigenvalue weighted by Crippen LogP contribution is 2.27. The van der Waals surface area contributed by atoms with Crippen LogP contribution in [0.25, 0.3) is 0 Å². The third-order valence-electron chi connectivity index (χ3n) is 4.97. The topological polar surface area (TPSA) is 83.9 Å². The van der Waals surface area contributed by atoms with Gasteiger partial charge in [0.2, 0.25) is 0 Å². The van der Waals surface area contributed by atoms with E-state index in [1.54, 1.807) is 35.6 Å². The maximum atomic E-state index is 12.8. The van der Waals surface area contributed by atoms with E-state index in [2.05, 4.69) is 19.5 Å². The van der Waals surface area contributed by atoms with Gasteiger partial charge in [-0.15, -0.1) is 0 Å². The molecule has 0 saturated carbocycles. The summed E-state index contributed by atoms with van der Waals surface area (Å²) in [5, 5.41) is 0. The molecular formula is C20H21N5O2. The monoisotopic (exact) mass is 363 g/mol. The number of pyridine rings is 2. The third kappa shape index (κ3) is 3.67. The fourth-order valence-electron chi connectivity index (χ4n) is 3.63. The minimum Gasteiger partial charge on any atom is -0.338 e. The summed E-state index contributed by atoms with van der Waals surface area (Å²) in [6.07, 6.45) is 10.7. The Kier molecular flexibility index (Phi) is 4.82. The predicted molar refractivity (Wildman–Crippen MR) is 101 cm³/mol. The number of aromatic nitrogens is 4. The van der Waals surface area contributed by atoms with E-state index in [-0.39, 0.29) is 22.9 Å². The summed E-state index contributed by atoms with van der Waals surface area (Å²) in [5.74, 6) is 0.919. The smallest absolute Gasteiger partial charge is 0.260 e. The van der Waals surface area contributed by atoms with Crippen molar-refractivity contribution in [1.82, 2.24) is 24.4 Å². The fourth-order valence-corrected chi connectivity index (χ4v) is 3.63. The number of piperidine rings is 1. The van der Waals surface area contributed by atoms with E-state index in [4.69, 9.17) is 0 Å². The molecule has 138 valence electrons. The molecule has 1 saturated heterocycles. The standard InChI is InChI=1S/C20H21N5O2/c26-19-17(4-1-7-23-19)20(27)25-11-2-3-16(14-25)18-22-10-12-24(18)13-15-5-8-21-9-6-15/h1,4-10,12,16H,2-3,11,13-14H2,(H,23,26)/t16-/m1/s1. The molecule has 1 aliphatic heterocycles. The number of amides is 1. The van der Waals surface area contributed by atoms with Crippen LogP contribution in [0.3, 0.4) is 0 Å². The van der Waals surface area contributed by atoms with Gasteiger partial charge in [0.1, 0.15) is 11.4 Å². The van der Waals surface area contributed by atoms with Gasteiger partial charge in [-0.25, -0.2) is 4.98 Å². The number of H-pyrrole nitrogens is 1. The number of aromatic amines is 1. The molecule has 1 fully saturated rings. The van der Waals surface area contributed by atoms with Crippen LogP contribution >= 0.6 is 0 Å². The highest BCUT2D eigenvalue weighted by atomic mass is 16.2. The molecule has 1 atom stereocenters. The van der Waals surface area contributed by atoms with Crippen molar-refractivity contribution in [2.24, 2.45) is 0 Å². The van der Waals surface area contributed by atoms with Crippen LogP contribution in [-0.2, 0) is 6.54 Å². The quantitative estimate of drug-likeness (QED) is 0.769. The highest BCUT2D eigenvalue weighted by Gasteiger charge is 2.28. The second-order valence-corrected chi connectivity index (χ2v) is 6.77. The van der Waals surface area contributed by atoms with Gasteiger partial charge in [0.25, 0.3) is 11.5 Å². The molecule has 3 aromatic heterocycles. The first-order chi connectivity index (χ1) is 13.2. The van der Waals surface area contributed by atoms with E-state index >= 15 is 0 Å². The lowest BCUT2D eigenvalue weighted by molar-refractivity contribution is 0.0701. The van der Waals surface area contributed by atoms with Crippen LogP contribution in [0.1, 0.15) is 40.5 Å². The molecule has 7 nitrogen and oxygen atoms in total. The minimum absolute atomic E-state index is 0.155. The number of hydrogen-bond donors (Lipinski definition) is 1. The molecule has 7 heteroatoms. The normalized spacial score (nSPS) is 17.0. The van der Waals surface area contributed by atoms with E-state index in [0.29, 0.717) is 13.1 Å². The van der Waals surface area contributed by atoms with Crippen LogP contribution in [0, 0.1) is 0 Å². The maximum absolute atomic E-state index is 12.8. The van der Waals surface area contributed by atoms with Crippen LogP contribution in [0.4, 0.5) is 0 Å². The Morgan fingerprint density at radius 2 is 2.07 bits per heavy atom. The Morgan fingerprint density at radius 1 is 1.22 bits per heavy atom. The number of likely N-dealkylation sites (tertiary alicyclic amines) is 1. The Hall–Kier alpha value is -3.22. The van der Waals surface area contributed by atoms with E-state index in [1.165, 1.54) is 6.20 Å². The van der Waals surface area contributed by atoms with E-state index in [1.807, 2.05) is 18.3 Å². The van der Waals surface area contributed by atoms with Gasteiger partial charge < -0.3 is 14.5 Å². The Balaban J connectivity index is 1.52. The van der Waals surface area contributed by atoms with E-state index in [9.17, 15) is 9.59 Å². The minimum atomic E-state index is -0.344. The fraction of sp³-hybridized carbons (Fsp3) is 0.300. The molecule has 1 aliphatic rings. The third-order valence-corrected chi connectivity index (χ3v) is 4.97. The number of imidazole rings is 1. The number of nitrogens with one attached hydrogen (secondary N) is 1. The van der Waals surface area contributed by atoms with Crippen molar-refractivity contribution in [3.8, 4) is 0 Å². The molecule has 0 aliphatic carbocycles. The lowest BCUT2D eigenvalue weighted by Gasteiger charge is -2.32. The molecule has 4 rings (SSSR count). The molecule has 0 spiro atoms. The summed E-state index contributed by atoms with van der Waals surface area (Å²) in [4.78, 5) is 37.7. The zero-order valence-corrected chi connectivity index (χ0v) is 14.9. The van der Waals surface area contributed by atoms with Crippen molar-refractivity contribution in [2.75, 3.05) is 13.1 Å². The van der Waals surface area contributed by atoms with E-state index in [0.717, 1.165) is 30.8 Å². The van der Waals surface area contributed by atoms with Gasteiger partial charge in [0, 0.05) is 56.5 Å². The molecule has 0 radical (unpaired) electrons. The van der Waals surface area contributed by atoms with Crippen LogP contribution in [0.15, 0.2) is 60.0 Å². The molecule has 0 unspecified atom stereocenters. The zero-order chi connectivity index (χ0) is 18.6. The van der Waals surface area contributed by atoms with Crippen LogP contribution < -0.4 is 5.56 Å². The second-order valence-electron chi connectivity index (χ2n) is 6.77. The molecule has 1 N–H and O–H groups in total. The van der Waals surface area contributed by atoms with Crippen LogP contribution in [-0.4, -0.2) is 43.4 Å². The predicted octanol–water partition coefficient (Wildman–Crippen LogP) is 2.03. The van der Waals surface area contributed by atoms with Crippen molar-refractivity contribution < 1.29 is 4.79 Å². The van der Waals surface area contributed by atoms with Crippen LogP contribution in [0.5, 0.6) is 0 Å². The van der Waals surface area contributed by atoms with E-state index < -0.39 is 0 Å². The number of rotatable bonds is 4. The average molecular weight is 363 g/mol. The number of hydrogen-bond acceptors (Lipinski definition) is 4. The van der Waals surface area contributed by atoms with Gasteiger partial charge in [-0.05, 0) is 42.7 Å². The summed E-state index contributed by atoms with van der Waals surface area (Å²) in [6, 6.07) is 7.23. The molecular weight excluding hydrogens is 342 g/mol. The second kappa shape index (κ2) is 7.57. The Labute approximate surface area is 156 Å². The number of carbonyl (C=O) groups excluding carboxylic acids is 1. The number of carbonyl (C=O) groups is 1. The summed E-state index contributed by atoms with van der Waals surface area (Å²) in [5.41, 5.74) is 1.01. The van der Waals surface area contributed by atoms with Gasteiger partial charge >= 0.3 is 0 Å². The lowest BCUT2D eigenvalue weighted by Crippen LogP contribution is -2.41. The van der Waals surface area contributed by atoms with Crippen molar-refractivity contribution in [3.05, 3.63) is 82.6 Å². The first kappa shape index (κ1) is 17.2. The van der Waals surface area contributed by atoms with Crippen molar-refractivity contribution >= 4 is 5.91 Å². The van der Waals surface area contributed by atoms with Gasteiger partial charge in [0.15, 0.2) is 0 Å². The molecule has 27 heavy (non-hydrogen) atoms. The maximum Gasteiger partial charge on any atom is 0.260 e. The molecule has 4 heterocycles. The van der Waals surface area contributed by atoms with Gasteiger partial charge in [-0.3, -0.25) is 14.6 Å². The number of nitrogens with zero attached hydrogens (tertiary/aromatic N) is 4. The summed E-state index contributed by atoms with van der Waals surface area (Å²) < 4.78 is 2.13. The van der Waals surface area contributed by atoms with Crippen LogP contribution in [0.2, 0.25) is 0 Å². The zero-order valence-electron chi connectivity index (χ0n) is 14.9. The molecule has 0 aromatic carbocycles. The summed E-state index contributed by atoms with van der Waals surface area (Å²) in [7, 11) is 0. The first-order valence-corrected chi connectivity index (χ1v) is 9.09. The lowest BCUT2D eigenvalue weighted by atomic mass is 9.96. The van der Waals surface area contributed by atoms with Crippen molar-refractivity contribution in [2.45, 2.75) is 25.3 Å². The van der Waals surface area contributed by atoms with Crippen molar-refractivity contribution in [3.63, 3.8) is 0 Å². The SMILES string of the molecule is O=C(c1ccc[nH]c1=O)N1CCC[C@@H](c2nccn2Cc2ccncc2)C1. The van der Waals surface area contributed by atoms with Crippen molar-refractivity contribution in [1.29, 1.82) is 0 Å². The highest BCUT2D eigenvalue weighted by molar-refractivity contribution is 5.93. The first-order valence-electron chi connectivity index (χ1n) is 9.09. The van der Waals surface area contributed by atoms with Gasteiger partial charge in [-0.1, -0.05) is 0 Å².